The van der Waals surface area contributed by atoms with Gasteiger partial charge in [0.15, 0.2) is 11.5 Å². The Morgan fingerprint density at radius 2 is 1.79 bits per heavy atom. The molecule has 2 atom stereocenters. The third kappa shape index (κ3) is 3.99. The molecule has 10 nitrogen and oxygen atoms in total. The number of rotatable bonds is 7. The number of carbonyl (C=O) groups excluding carboxylic acids is 1. The summed E-state index contributed by atoms with van der Waals surface area (Å²) in [7, 11) is 0. The Bertz CT molecular complexity index is 1480. The lowest BCUT2D eigenvalue weighted by Gasteiger charge is -2.40. The van der Waals surface area contributed by atoms with E-state index in [0.29, 0.717) is 16.6 Å². The van der Waals surface area contributed by atoms with Crippen molar-refractivity contribution in [2.24, 2.45) is 0 Å². The van der Waals surface area contributed by atoms with Crippen LogP contribution >= 0.6 is 0 Å². The first-order chi connectivity index (χ1) is 18.5. The Morgan fingerprint density at radius 3 is 2.44 bits per heavy atom. The molecule has 0 radical (unpaired) electrons. The maximum absolute atomic E-state index is 15.4. The Hall–Kier alpha value is -3.52. The van der Waals surface area contributed by atoms with E-state index in [1.165, 1.54) is 31.2 Å². The van der Waals surface area contributed by atoms with Crippen molar-refractivity contribution >= 4 is 22.5 Å². The lowest BCUT2D eigenvalue weighted by Crippen LogP contribution is -2.51. The SMILES string of the molecule is C[C@]1(C(=O)Nc2cc3cc(C4(CO)COC4)n(C[C@@H](O)CO)c3cc2F)COc2cc3c(cc21)OC(F)(F)O3. The molecule has 3 aromatic rings. The van der Waals surface area contributed by atoms with E-state index < -0.39 is 41.6 Å². The van der Waals surface area contributed by atoms with Gasteiger partial charge in [0.1, 0.15) is 23.6 Å². The highest BCUT2D eigenvalue weighted by Gasteiger charge is 2.49. The number of aliphatic hydroxyl groups is 3. The van der Waals surface area contributed by atoms with Gasteiger partial charge >= 0.3 is 6.29 Å². The standard InChI is InChI=1S/C26H25F3N2O8/c1-24(10-37-19-6-21-20(4-15(19)24)38-26(28,29)39-21)23(35)30-17-2-13-3-22(25(9-33)11-36-12-25)31(7-14(34)8-32)18(13)5-16(17)27/h2-6,14,32-34H,7-12H2,1H3,(H,30,35)/t14-,24+/m1/s1. The summed E-state index contributed by atoms with van der Waals surface area (Å²) in [6.45, 7) is 1.05. The minimum atomic E-state index is -3.84. The lowest BCUT2D eigenvalue weighted by molar-refractivity contribution is -0.286. The van der Waals surface area contributed by atoms with Crippen molar-refractivity contribution in [1.82, 2.24) is 4.57 Å². The van der Waals surface area contributed by atoms with Gasteiger partial charge in [-0.3, -0.25) is 4.79 Å². The molecule has 4 N–H and O–H groups in total. The fourth-order valence-electron chi connectivity index (χ4n) is 5.23. The number of alkyl halides is 2. The van der Waals surface area contributed by atoms with Crippen molar-refractivity contribution in [3.8, 4) is 17.2 Å². The van der Waals surface area contributed by atoms with Crippen molar-refractivity contribution < 1.29 is 52.2 Å². The molecule has 0 spiro atoms. The molecule has 1 aromatic heterocycles. The number of nitrogens with one attached hydrogen (secondary N) is 1. The number of hydrogen-bond donors (Lipinski definition) is 4. The van der Waals surface area contributed by atoms with Crippen molar-refractivity contribution in [2.45, 2.75) is 36.7 Å². The predicted octanol–water partition coefficient (Wildman–Crippen LogP) is 2.00. The monoisotopic (exact) mass is 550 g/mol. The number of anilines is 1. The molecule has 1 fully saturated rings. The number of benzene rings is 2. The van der Waals surface area contributed by atoms with E-state index in [2.05, 4.69) is 14.8 Å². The van der Waals surface area contributed by atoms with Gasteiger partial charge in [-0.05, 0) is 25.1 Å². The normalized spacial score (nSPS) is 22.7. The van der Waals surface area contributed by atoms with Crippen LogP contribution in [0.25, 0.3) is 10.9 Å². The fourth-order valence-corrected chi connectivity index (χ4v) is 5.23. The van der Waals surface area contributed by atoms with E-state index in [-0.39, 0.29) is 61.5 Å². The molecule has 0 aliphatic carbocycles. The van der Waals surface area contributed by atoms with Crippen LogP contribution in [0.1, 0.15) is 18.2 Å². The van der Waals surface area contributed by atoms with Crippen molar-refractivity contribution in [3.05, 3.63) is 47.4 Å². The van der Waals surface area contributed by atoms with Gasteiger partial charge in [-0.25, -0.2) is 4.39 Å². The first kappa shape index (κ1) is 25.7. The topological polar surface area (TPSA) is 132 Å². The zero-order valence-corrected chi connectivity index (χ0v) is 20.7. The van der Waals surface area contributed by atoms with E-state index in [0.717, 1.165) is 0 Å². The van der Waals surface area contributed by atoms with Gasteiger partial charge in [-0.1, -0.05) is 0 Å². The Kier molecular flexibility index (Phi) is 5.77. The number of aliphatic hydroxyl groups excluding tert-OH is 3. The minimum absolute atomic E-state index is 0.0520. The van der Waals surface area contributed by atoms with Crippen LogP contribution in [0.3, 0.4) is 0 Å². The van der Waals surface area contributed by atoms with Crippen LogP contribution in [-0.4, -0.2) is 71.2 Å². The second-order valence-corrected chi connectivity index (χ2v) is 10.3. The maximum atomic E-state index is 15.4. The summed E-state index contributed by atoms with van der Waals surface area (Å²) in [6.07, 6.45) is -4.96. The van der Waals surface area contributed by atoms with Crippen LogP contribution in [0, 0.1) is 5.82 Å². The van der Waals surface area contributed by atoms with Gasteiger partial charge < -0.3 is 44.2 Å². The number of aromatic nitrogens is 1. The maximum Gasteiger partial charge on any atom is 0.586 e. The van der Waals surface area contributed by atoms with Crippen LogP contribution in [0.4, 0.5) is 18.9 Å². The second-order valence-electron chi connectivity index (χ2n) is 10.3. The summed E-state index contributed by atoms with van der Waals surface area (Å²) in [5.74, 6) is -1.70. The molecule has 0 saturated carbocycles. The Balaban J connectivity index is 1.34. The van der Waals surface area contributed by atoms with Crippen molar-refractivity contribution in [1.29, 1.82) is 0 Å². The zero-order valence-electron chi connectivity index (χ0n) is 20.7. The molecular weight excluding hydrogens is 525 g/mol. The van der Waals surface area contributed by atoms with Crippen molar-refractivity contribution in [2.75, 3.05) is 38.4 Å². The molecule has 3 aliphatic heterocycles. The molecular formula is C26H25F3N2O8. The largest absolute Gasteiger partial charge is 0.586 e. The third-order valence-corrected chi connectivity index (χ3v) is 7.56. The molecule has 6 rings (SSSR count). The number of hydrogen-bond acceptors (Lipinski definition) is 8. The first-order valence-corrected chi connectivity index (χ1v) is 12.2. The van der Waals surface area contributed by atoms with E-state index >= 15 is 4.39 Å². The van der Waals surface area contributed by atoms with Gasteiger partial charge in [0.05, 0.1) is 55.7 Å². The highest BCUT2D eigenvalue weighted by Crippen LogP contribution is 2.50. The second kappa shape index (κ2) is 8.74. The zero-order chi connectivity index (χ0) is 27.7. The molecule has 0 bridgehead atoms. The van der Waals surface area contributed by atoms with Crippen LogP contribution in [0.2, 0.25) is 0 Å². The fraction of sp³-hybridized carbons (Fsp3) is 0.423. The molecule has 208 valence electrons. The number of nitrogens with zero attached hydrogens (tertiary/aromatic N) is 1. The quantitative estimate of drug-likeness (QED) is 0.352. The number of halogens is 3. The molecule has 4 heterocycles. The summed E-state index contributed by atoms with van der Waals surface area (Å²) in [4.78, 5) is 13.4. The summed E-state index contributed by atoms with van der Waals surface area (Å²) < 4.78 is 63.9. The van der Waals surface area contributed by atoms with Crippen LogP contribution in [0.15, 0.2) is 30.3 Å². The van der Waals surface area contributed by atoms with Crippen LogP contribution in [0.5, 0.6) is 17.2 Å². The van der Waals surface area contributed by atoms with Gasteiger partial charge in [0, 0.05) is 28.8 Å². The minimum Gasteiger partial charge on any atom is -0.492 e. The molecule has 39 heavy (non-hydrogen) atoms. The lowest BCUT2D eigenvalue weighted by atomic mass is 9.83. The molecule has 13 heteroatoms. The summed E-state index contributed by atoms with van der Waals surface area (Å²) in [6, 6.07) is 6.84. The first-order valence-electron chi connectivity index (χ1n) is 12.2. The summed E-state index contributed by atoms with van der Waals surface area (Å²) >= 11 is 0. The van der Waals surface area contributed by atoms with Gasteiger partial charge in [-0.15, -0.1) is 8.78 Å². The molecule has 1 amide bonds. The molecule has 3 aliphatic rings. The highest BCUT2D eigenvalue weighted by molar-refractivity contribution is 6.01. The Labute approximate surface area is 219 Å². The average Bonchev–Trinajstić information content (AvgIpc) is 3.48. The van der Waals surface area contributed by atoms with Gasteiger partial charge in [-0.2, -0.15) is 0 Å². The van der Waals surface area contributed by atoms with Crippen LogP contribution < -0.4 is 19.5 Å². The summed E-state index contributed by atoms with van der Waals surface area (Å²) in [5, 5.41) is 32.7. The van der Waals surface area contributed by atoms with Gasteiger partial charge in [0.2, 0.25) is 5.91 Å². The Morgan fingerprint density at radius 1 is 1.08 bits per heavy atom. The third-order valence-electron chi connectivity index (χ3n) is 7.56. The van der Waals surface area contributed by atoms with E-state index in [9.17, 15) is 28.9 Å². The van der Waals surface area contributed by atoms with Crippen LogP contribution in [-0.2, 0) is 26.9 Å². The van der Waals surface area contributed by atoms with E-state index in [1.807, 2.05) is 0 Å². The molecule has 0 unspecified atom stereocenters. The van der Waals surface area contributed by atoms with Gasteiger partial charge in [0.25, 0.3) is 0 Å². The molecule has 2 aromatic carbocycles. The van der Waals surface area contributed by atoms with Crippen molar-refractivity contribution in [3.63, 3.8) is 0 Å². The summed E-state index contributed by atoms with van der Waals surface area (Å²) in [5.41, 5.74) is -0.984. The average molecular weight is 550 g/mol. The molecule has 1 saturated heterocycles. The predicted molar refractivity (Wildman–Crippen MR) is 129 cm³/mol. The smallest absolute Gasteiger partial charge is 0.492 e. The number of fused-ring (bicyclic) bond motifs is 3. The number of carbonyl (C=O) groups is 1. The number of ether oxygens (including phenoxy) is 4. The van der Waals surface area contributed by atoms with E-state index in [1.54, 1.807) is 10.6 Å². The highest BCUT2D eigenvalue weighted by atomic mass is 19.3. The number of amides is 1. The van der Waals surface area contributed by atoms with E-state index in [4.69, 9.17) is 9.47 Å².